The van der Waals surface area contributed by atoms with Crippen molar-refractivity contribution in [2.75, 3.05) is 12.4 Å². The first-order chi connectivity index (χ1) is 8.61. The maximum atomic E-state index is 9.67. The average molecular weight is 247 g/mol. The molecular formula is C13H17N3O2. The van der Waals surface area contributed by atoms with Gasteiger partial charge in [-0.15, -0.1) is 0 Å². The van der Waals surface area contributed by atoms with Crippen molar-refractivity contribution in [3.8, 4) is 11.5 Å². The van der Waals surface area contributed by atoms with Crippen LogP contribution in [0.15, 0.2) is 18.2 Å². The molecule has 0 spiro atoms. The molecule has 0 amide bonds. The number of hydrogen-bond acceptors (Lipinski definition) is 4. The van der Waals surface area contributed by atoms with E-state index >= 15 is 0 Å². The number of phenolic OH excluding ortho intramolecular Hbond substituents is 1. The number of nitrogens with zero attached hydrogens (tertiary/aromatic N) is 1. The number of aromatic hydroxyl groups is 1. The van der Waals surface area contributed by atoms with E-state index in [0.717, 1.165) is 22.6 Å². The Bertz CT molecular complexity index is 530. The van der Waals surface area contributed by atoms with Crippen LogP contribution >= 0.6 is 0 Å². The molecule has 2 rings (SSSR count). The van der Waals surface area contributed by atoms with Crippen LogP contribution < -0.4 is 10.1 Å². The quantitative estimate of drug-likeness (QED) is 0.775. The molecule has 3 N–H and O–H groups in total. The summed E-state index contributed by atoms with van der Waals surface area (Å²) < 4.78 is 5.00. The SMILES string of the molecule is COc1ccc(NCc2c(C)n[nH]c2C)cc1O. The van der Waals surface area contributed by atoms with Crippen molar-refractivity contribution in [1.29, 1.82) is 0 Å². The number of ether oxygens (including phenoxy) is 1. The molecule has 18 heavy (non-hydrogen) atoms. The highest BCUT2D eigenvalue weighted by atomic mass is 16.5. The molecule has 0 aliphatic rings. The molecule has 0 saturated heterocycles. The molecule has 0 fully saturated rings. The number of phenols is 1. The number of aromatic amines is 1. The topological polar surface area (TPSA) is 70.2 Å². The summed E-state index contributed by atoms with van der Waals surface area (Å²) in [5.74, 6) is 0.597. The first-order valence-corrected chi connectivity index (χ1v) is 5.73. The molecule has 0 unspecified atom stereocenters. The summed E-state index contributed by atoms with van der Waals surface area (Å²) in [4.78, 5) is 0. The molecule has 0 aliphatic heterocycles. The second-order valence-electron chi connectivity index (χ2n) is 4.15. The van der Waals surface area contributed by atoms with E-state index in [1.807, 2.05) is 19.9 Å². The molecule has 96 valence electrons. The highest BCUT2D eigenvalue weighted by Gasteiger charge is 2.07. The van der Waals surface area contributed by atoms with Crippen LogP contribution in [-0.4, -0.2) is 22.4 Å². The van der Waals surface area contributed by atoms with Crippen molar-refractivity contribution in [2.45, 2.75) is 20.4 Å². The molecule has 0 saturated carbocycles. The summed E-state index contributed by atoms with van der Waals surface area (Å²) in [6.07, 6.45) is 0. The lowest BCUT2D eigenvalue weighted by molar-refractivity contribution is 0.373. The normalized spacial score (nSPS) is 10.4. The van der Waals surface area contributed by atoms with Gasteiger partial charge in [-0.1, -0.05) is 0 Å². The third-order valence-electron chi connectivity index (χ3n) is 2.93. The number of aryl methyl sites for hydroxylation is 2. The van der Waals surface area contributed by atoms with Gasteiger partial charge in [-0.05, 0) is 26.0 Å². The van der Waals surface area contributed by atoms with Crippen LogP contribution in [0.25, 0.3) is 0 Å². The Morgan fingerprint density at radius 1 is 1.39 bits per heavy atom. The Morgan fingerprint density at radius 3 is 2.72 bits per heavy atom. The summed E-state index contributed by atoms with van der Waals surface area (Å²) in [5, 5.41) is 20.0. The summed E-state index contributed by atoms with van der Waals surface area (Å²) in [7, 11) is 1.53. The van der Waals surface area contributed by atoms with Crippen LogP contribution in [0.5, 0.6) is 11.5 Å². The fraction of sp³-hybridized carbons (Fsp3) is 0.308. The first kappa shape index (κ1) is 12.3. The third-order valence-corrected chi connectivity index (χ3v) is 2.93. The highest BCUT2D eigenvalue weighted by Crippen LogP contribution is 2.28. The lowest BCUT2D eigenvalue weighted by atomic mass is 10.2. The van der Waals surface area contributed by atoms with E-state index in [2.05, 4.69) is 15.5 Å². The number of anilines is 1. The monoisotopic (exact) mass is 247 g/mol. The minimum atomic E-state index is 0.128. The Balaban J connectivity index is 2.09. The molecule has 0 atom stereocenters. The van der Waals surface area contributed by atoms with Gasteiger partial charge in [0.1, 0.15) is 0 Å². The Labute approximate surface area is 106 Å². The third kappa shape index (κ3) is 2.40. The first-order valence-electron chi connectivity index (χ1n) is 5.73. The predicted octanol–water partition coefficient (Wildman–Crippen LogP) is 2.35. The zero-order valence-electron chi connectivity index (χ0n) is 10.7. The highest BCUT2D eigenvalue weighted by molar-refractivity contribution is 5.54. The smallest absolute Gasteiger partial charge is 0.160 e. The lowest BCUT2D eigenvalue weighted by Crippen LogP contribution is -2.01. The standard InChI is InChI=1S/C13H17N3O2/c1-8-11(9(2)16-15-8)7-14-10-4-5-13(18-3)12(17)6-10/h4-6,14,17H,7H2,1-3H3,(H,15,16). The van der Waals surface area contributed by atoms with Crippen LogP contribution in [-0.2, 0) is 6.54 Å². The average Bonchev–Trinajstić information content (AvgIpc) is 2.67. The predicted molar refractivity (Wildman–Crippen MR) is 70.0 cm³/mol. The van der Waals surface area contributed by atoms with Crippen molar-refractivity contribution >= 4 is 5.69 Å². The molecule has 1 heterocycles. The molecule has 2 aromatic rings. The van der Waals surface area contributed by atoms with Gasteiger partial charge >= 0.3 is 0 Å². The van der Waals surface area contributed by atoms with Crippen molar-refractivity contribution in [3.63, 3.8) is 0 Å². The minimum absolute atomic E-state index is 0.128. The van der Waals surface area contributed by atoms with Crippen molar-refractivity contribution in [1.82, 2.24) is 10.2 Å². The largest absolute Gasteiger partial charge is 0.504 e. The summed E-state index contributed by atoms with van der Waals surface area (Å²) in [6.45, 7) is 4.62. The van der Waals surface area contributed by atoms with Crippen LogP contribution in [0, 0.1) is 13.8 Å². The summed E-state index contributed by atoms with van der Waals surface area (Å²) in [5.41, 5.74) is 4.02. The van der Waals surface area contributed by atoms with Gasteiger partial charge in [0.2, 0.25) is 0 Å². The lowest BCUT2D eigenvalue weighted by Gasteiger charge is -2.09. The van der Waals surface area contributed by atoms with Crippen LogP contribution in [0.2, 0.25) is 0 Å². The Kier molecular flexibility index (Phi) is 3.41. The maximum Gasteiger partial charge on any atom is 0.160 e. The minimum Gasteiger partial charge on any atom is -0.504 e. The second kappa shape index (κ2) is 5.00. The maximum absolute atomic E-state index is 9.67. The Hall–Kier alpha value is -2.17. The number of nitrogens with one attached hydrogen (secondary N) is 2. The number of hydrogen-bond donors (Lipinski definition) is 3. The molecule has 5 heteroatoms. The number of aromatic nitrogens is 2. The molecule has 0 aliphatic carbocycles. The van der Waals surface area contributed by atoms with Crippen LogP contribution in [0.3, 0.4) is 0 Å². The van der Waals surface area contributed by atoms with Gasteiger partial charge in [0.15, 0.2) is 11.5 Å². The van der Waals surface area contributed by atoms with E-state index in [0.29, 0.717) is 12.3 Å². The fourth-order valence-electron chi connectivity index (χ4n) is 1.82. The second-order valence-corrected chi connectivity index (χ2v) is 4.15. The van der Waals surface area contributed by atoms with Gasteiger partial charge in [-0.25, -0.2) is 0 Å². The molecule has 0 radical (unpaired) electrons. The summed E-state index contributed by atoms with van der Waals surface area (Å²) >= 11 is 0. The number of methoxy groups -OCH3 is 1. The molecule has 1 aromatic carbocycles. The van der Waals surface area contributed by atoms with Crippen molar-refractivity contribution in [3.05, 3.63) is 35.2 Å². The summed E-state index contributed by atoms with van der Waals surface area (Å²) in [6, 6.07) is 5.24. The van der Waals surface area contributed by atoms with Crippen molar-refractivity contribution < 1.29 is 9.84 Å². The number of H-pyrrole nitrogens is 1. The van der Waals surface area contributed by atoms with E-state index in [-0.39, 0.29) is 5.75 Å². The molecule has 1 aromatic heterocycles. The van der Waals surface area contributed by atoms with Crippen LogP contribution in [0.1, 0.15) is 17.0 Å². The van der Waals surface area contributed by atoms with Gasteiger partial charge in [-0.2, -0.15) is 5.10 Å². The van der Waals surface area contributed by atoms with Gasteiger partial charge in [0.25, 0.3) is 0 Å². The zero-order chi connectivity index (χ0) is 13.1. The Morgan fingerprint density at radius 2 is 2.17 bits per heavy atom. The van der Waals surface area contributed by atoms with Gasteiger partial charge < -0.3 is 15.2 Å². The molecule has 0 bridgehead atoms. The van der Waals surface area contributed by atoms with Gasteiger partial charge in [0, 0.05) is 29.6 Å². The van der Waals surface area contributed by atoms with E-state index in [9.17, 15) is 5.11 Å². The van der Waals surface area contributed by atoms with Gasteiger partial charge in [0.05, 0.1) is 12.8 Å². The molecule has 5 nitrogen and oxygen atoms in total. The van der Waals surface area contributed by atoms with Gasteiger partial charge in [-0.3, -0.25) is 5.10 Å². The van der Waals surface area contributed by atoms with Crippen LogP contribution in [0.4, 0.5) is 5.69 Å². The zero-order valence-corrected chi connectivity index (χ0v) is 10.7. The van der Waals surface area contributed by atoms with E-state index < -0.39 is 0 Å². The van der Waals surface area contributed by atoms with E-state index in [1.165, 1.54) is 7.11 Å². The number of benzene rings is 1. The van der Waals surface area contributed by atoms with E-state index in [1.54, 1.807) is 12.1 Å². The van der Waals surface area contributed by atoms with Crippen molar-refractivity contribution in [2.24, 2.45) is 0 Å². The fourth-order valence-corrected chi connectivity index (χ4v) is 1.82. The van der Waals surface area contributed by atoms with E-state index in [4.69, 9.17) is 4.74 Å². The molecular weight excluding hydrogens is 230 g/mol. The number of rotatable bonds is 4.